The quantitative estimate of drug-likeness (QED) is 0.742. The minimum Gasteiger partial charge on any atom is -0.493 e. The molecule has 2 aromatic carbocycles. The molecule has 0 aromatic heterocycles. The normalized spacial score (nSPS) is 16.0. The summed E-state index contributed by atoms with van der Waals surface area (Å²) in [5.74, 6) is 2.66. The van der Waals surface area contributed by atoms with Gasteiger partial charge >= 0.3 is 0 Å². The zero-order chi connectivity index (χ0) is 18.7. The fourth-order valence-corrected chi connectivity index (χ4v) is 3.45. The highest BCUT2D eigenvalue weighted by molar-refractivity contribution is 5.49. The van der Waals surface area contributed by atoms with Gasteiger partial charge in [-0.2, -0.15) is 0 Å². The fraction of sp³-hybridized carbons (Fsp3) is 0.400. The molecule has 6 nitrogen and oxygen atoms in total. The third-order valence-electron chi connectivity index (χ3n) is 4.83. The molecule has 0 aliphatic carbocycles. The molecule has 0 unspecified atom stereocenters. The molecule has 0 N–H and O–H groups in total. The van der Waals surface area contributed by atoms with Gasteiger partial charge in [0, 0.05) is 28.1 Å². The molecule has 1 aliphatic heterocycles. The Hall–Kier alpha value is -2.76. The zero-order valence-electron chi connectivity index (χ0n) is 15.6. The smallest absolute Gasteiger partial charge is 0.230 e. The molecule has 6 heteroatoms. The third kappa shape index (κ3) is 3.31. The predicted molar refractivity (Wildman–Crippen MR) is 97.7 cm³/mol. The first-order valence-corrected chi connectivity index (χ1v) is 8.50. The van der Waals surface area contributed by atoms with Gasteiger partial charge < -0.3 is 18.9 Å². The van der Waals surface area contributed by atoms with Crippen LogP contribution in [0.2, 0.25) is 0 Å². The van der Waals surface area contributed by atoms with E-state index in [9.17, 15) is 4.91 Å². The monoisotopic (exact) mass is 358 g/mol. The summed E-state index contributed by atoms with van der Waals surface area (Å²) < 4.78 is 22.6. The minimum absolute atomic E-state index is 0.281. The van der Waals surface area contributed by atoms with Crippen LogP contribution >= 0.6 is 0 Å². The maximum Gasteiger partial charge on any atom is 0.230 e. The van der Waals surface area contributed by atoms with Crippen molar-refractivity contribution in [3.8, 4) is 23.0 Å². The molecule has 1 atom stereocenters. The fourth-order valence-electron chi connectivity index (χ4n) is 3.45. The van der Waals surface area contributed by atoms with E-state index in [1.54, 1.807) is 28.4 Å². The van der Waals surface area contributed by atoms with E-state index in [1.165, 1.54) is 0 Å². The van der Waals surface area contributed by atoms with E-state index < -0.39 is 0 Å². The van der Waals surface area contributed by atoms with Crippen molar-refractivity contribution in [1.29, 1.82) is 0 Å². The van der Waals surface area contributed by atoms with Crippen LogP contribution in [0.15, 0.2) is 30.3 Å². The average molecular weight is 358 g/mol. The Labute approximate surface area is 153 Å². The van der Waals surface area contributed by atoms with Crippen LogP contribution in [0.1, 0.15) is 22.7 Å². The lowest BCUT2D eigenvalue weighted by atomic mass is 9.89. The minimum atomic E-state index is -0.281. The first kappa shape index (κ1) is 18.0. The lowest BCUT2D eigenvalue weighted by Crippen LogP contribution is -2.27. The Kier molecular flexibility index (Phi) is 5.30. The lowest BCUT2D eigenvalue weighted by Gasteiger charge is -2.21. The van der Waals surface area contributed by atoms with Gasteiger partial charge in [0.2, 0.25) is 6.04 Å². The summed E-state index contributed by atoms with van der Waals surface area (Å²) in [6, 6.07) is 9.36. The predicted octanol–water partition coefficient (Wildman–Crippen LogP) is 3.34. The van der Waals surface area contributed by atoms with Crippen LogP contribution in [0.4, 0.5) is 0 Å². The molecule has 0 bridgehead atoms. The number of fused-ring (bicyclic) bond motifs is 1. The van der Waals surface area contributed by atoms with Crippen molar-refractivity contribution in [1.82, 2.24) is 0 Å². The highest BCUT2D eigenvalue weighted by Crippen LogP contribution is 2.38. The Morgan fingerprint density at radius 2 is 1.50 bits per heavy atom. The van der Waals surface area contributed by atoms with Gasteiger partial charge in [-0.15, -0.1) is 0 Å². The van der Waals surface area contributed by atoms with E-state index in [1.807, 2.05) is 30.3 Å². The summed E-state index contributed by atoms with van der Waals surface area (Å²) >= 11 is 0. The van der Waals surface area contributed by atoms with E-state index in [4.69, 9.17) is 18.9 Å². The van der Waals surface area contributed by atoms with Gasteiger partial charge in [0.15, 0.2) is 29.5 Å². The summed E-state index contributed by atoms with van der Waals surface area (Å²) in [6.07, 6.45) is 1.27. The maximum absolute atomic E-state index is 12.6. The number of nitroso groups, excluding NO2 is 1. The molecule has 0 saturated carbocycles. The van der Waals surface area contributed by atoms with Crippen LogP contribution in [0.25, 0.3) is 0 Å². The van der Waals surface area contributed by atoms with Crippen molar-refractivity contribution in [2.24, 2.45) is 0 Å². The maximum atomic E-state index is 12.6. The molecule has 0 fully saturated rings. The van der Waals surface area contributed by atoms with Gasteiger partial charge in [-0.1, -0.05) is 6.07 Å². The summed E-state index contributed by atoms with van der Waals surface area (Å²) in [7, 11) is 6.43. The highest BCUT2D eigenvalue weighted by atomic mass is 16.5. The molecule has 2 aromatic rings. The second kappa shape index (κ2) is 7.64. The number of nitrogens with zero attached hydrogens (tertiary/aromatic N) is 1. The van der Waals surface area contributed by atoms with Gasteiger partial charge in [-0.05, 0) is 35.4 Å². The van der Waals surface area contributed by atoms with E-state index in [2.05, 4.69) is 0 Å². The van der Waals surface area contributed by atoms with E-state index in [0.717, 1.165) is 21.5 Å². The number of benzene rings is 2. The zero-order valence-corrected chi connectivity index (χ0v) is 15.6. The van der Waals surface area contributed by atoms with Gasteiger partial charge in [0.25, 0.3) is 0 Å². The van der Waals surface area contributed by atoms with Gasteiger partial charge in [0.05, 0.1) is 28.4 Å². The number of rotatable bonds is 6. The second-order valence-corrected chi connectivity index (χ2v) is 6.21. The number of hydrogen-bond acceptors (Lipinski definition) is 5. The van der Waals surface area contributed by atoms with Crippen molar-refractivity contribution >= 4 is 0 Å². The van der Waals surface area contributed by atoms with Crippen LogP contribution in [0, 0.1) is 4.91 Å². The molecule has 0 spiro atoms. The summed E-state index contributed by atoms with van der Waals surface area (Å²) in [5.41, 5.74) is 3.12. The van der Waals surface area contributed by atoms with Crippen molar-refractivity contribution < 1.29 is 23.7 Å². The molecular formula is C20H24NO5+. The Balaban J connectivity index is 1.97. The summed E-state index contributed by atoms with van der Waals surface area (Å²) in [4.78, 5) is 12.6. The molecular weight excluding hydrogens is 334 g/mol. The van der Waals surface area contributed by atoms with E-state index in [0.29, 0.717) is 42.4 Å². The third-order valence-corrected chi connectivity index (χ3v) is 4.83. The van der Waals surface area contributed by atoms with Crippen molar-refractivity contribution in [3.63, 3.8) is 0 Å². The lowest BCUT2D eigenvalue weighted by molar-refractivity contribution is -0.595. The largest absolute Gasteiger partial charge is 0.493 e. The van der Waals surface area contributed by atoms with E-state index >= 15 is 0 Å². The topological polar surface area (TPSA) is 57.0 Å². The molecule has 3 rings (SSSR count). The number of ether oxygens (including phenoxy) is 4. The number of hydrogen-bond donors (Lipinski definition) is 0. The Morgan fingerprint density at radius 1 is 0.885 bits per heavy atom. The van der Waals surface area contributed by atoms with Crippen LogP contribution < -0.4 is 18.9 Å². The first-order valence-electron chi connectivity index (χ1n) is 8.50. The van der Waals surface area contributed by atoms with Gasteiger partial charge in [-0.25, -0.2) is 0 Å². The summed E-state index contributed by atoms with van der Waals surface area (Å²) in [5, 5.41) is 0. The second-order valence-electron chi connectivity index (χ2n) is 6.21. The first-order chi connectivity index (χ1) is 12.6. The molecule has 0 amide bonds. The van der Waals surface area contributed by atoms with Gasteiger partial charge in [0.1, 0.15) is 0 Å². The molecule has 1 aliphatic rings. The molecule has 0 radical (unpaired) electrons. The Bertz CT molecular complexity index is 818. The average Bonchev–Trinajstić information content (AvgIpc) is 2.68. The van der Waals surface area contributed by atoms with Crippen LogP contribution in [0.5, 0.6) is 23.0 Å². The van der Waals surface area contributed by atoms with E-state index in [-0.39, 0.29) is 6.04 Å². The van der Waals surface area contributed by atoms with Crippen LogP contribution in [-0.2, 0) is 12.8 Å². The van der Waals surface area contributed by atoms with Crippen LogP contribution in [0.3, 0.4) is 0 Å². The highest BCUT2D eigenvalue weighted by Gasteiger charge is 2.35. The molecule has 1 heterocycles. The van der Waals surface area contributed by atoms with Crippen molar-refractivity contribution in [3.05, 3.63) is 51.9 Å². The summed E-state index contributed by atoms with van der Waals surface area (Å²) in [6.45, 7) is 0.459. The number of methoxy groups -OCH3 is 4. The Morgan fingerprint density at radius 3 is 2.15 bits per heavy atom. The van der Waals surface area contributed by atoms with Gasteiger partial charge in [-0.3, -0.25) is 0 Å². The molecule has 0 saturated heterocycles. The van der Waals surface area contributed by atoms with Crippen molar-refractivity contribution in [2.75, 3.05) is 35.0 Å². The molecule has 26 heavy (non-hydrogen) atoms. The molecule has 138 valence electrons. The van der Waals surface area contributed by atoms with Crippen molar-refractivity contribution in [2.45, 2.75) is 18.9 Å². The SMILES string of the molecule is COc1ccc(C[C@@H]2c3cc(OC)c(OC)cc3CC[N+]2=O)cc1OC. The van der Waals surface area contributed by atoms with Crippen LogP contribution in [-0.4, -0.2) is 39.7 Å². The standard InChI is InChI=1S/C20H24NO5/c1-23-17-6-5-13(10-18(17)24-2)9-16-15-12-20(26-4)19(25-3)11-14(15)7-8-21(16)22/h5-6,10-12,16H,7-9H2,1-4H3/q+1/t16-/m1/s1.